The first-order valence-electron chi connectivity index (χ1n) is 12.6. The Morgan fingerprint density at radius 2 is 1.80 bits per heavy atom. The lowest BCUT2D eigenvalue weighted by Gasteiger charge is -2.20. The number of fused-ring (bicyclic) bond motifs is 2. The highest BCUT2D eigenvalue weighted by Gasteiger charge is 2.45. The van der Waals surface area contributed by atoms with Gasteiger partial charge in [-0.1, -0.05) is 12.1 Å². The smallest absolute Gasteiger partial charge is 0.207 e. The number of benzene rings is 2. The number of halogens is 3. The van der Waals surface area contributed by atoms with E-state index in [1.54, 1.807) is 6.20 Å². The second-order valence-corrected chi connectivity index (χ2v) is 9.56. The van der Waals surface area contributed by atoms with Gasteiger partial charge in [0.05, 0.1) is 18.7 Å². The summed E-state index contributed by atoms with van der Waals surface area (Å²) in [5.74, 6) is -3.89. The van der Waals surface area contributed by atoms with Gasteiger partial charge in [0.1, 0.15) is 24.6 Å². The van der Waals surface area contributed by atoms with Crippen LogP contribution in [0.5, 0.6) is 0 Å². The number of hydrogen-bond acceptors (Lipinski definition) is 10. The van der Waals surface area contributed by atoms with Crippen molar-refractivity contribution in [2.24, 2.45) is 0 Å². The molecule has 0 radical (unpaired) electrons. The topological polar surface area (TPSA) is 153 Å². The van der Waals surface area contributed by atoms with E-state index in [0.29, 0.717) is 6.54 Å². The van der Waals surface area contributed by atoms with Crippen LogP contribution < -0.4 is 11.1 Å². The van der Waals surface area contributed by atoms with Crippen molar-refractivity contribution in [2.45, 2.75) is 37.7 Å². The molecule has 4 atom stereocenters. The Bertz CT molecular complexity index is 1710. The van der Waals surface area contributed by atoms with E-state index in [1.165, 1.54) is 10.9 Å². The van der Waals surface area contributed by atoms with Crippen molar-refractivity contribution >= 4 is 33.8 Å². The first-order chi connectivity index (χ1) is 19.8. The number of rotatable bonds is 8. The number of nitrogens with one attached hydrogen (secondary N) is 1. The van der Waals surface area contributed by atoms with Crippen LogP contribution in [0.4, 0.5) is 24.9 Å². The van der Waals surface area contributed by atoms with Crippen molar-refractivity contribution in [1.29, 1.82) is 0 Å². The van der Waals surface area contributed by atoms with Crippen LogP contribution in [0.25, 0.3) is 22.1 Å². The van der Waals surface area contributed by atoms with Gasteiger partial charge in [-0.2, -0.15) is 0 Å². The summed E-state index contributed by atoms with van der Waals surface area (Å²) in [6.07, 6.45) is -2.03. The number of aliphatic hydroxyl groups is 2. The minimum atomic E-state index is -1.58. The lowest BCUT2D eigenvalue weighted by Crippen LogP contribution is -2.34. The molecule has 0 saturated carbocycles. The number of pyridine rings is 1. The molecule has 5 aromatic rings. The van der Waals surface area contributed by atoms with Crippen LogP contribution >= 0.6 is 0 Å². The van der Waals surface area contributed by atoms with E-state index in [9.17, 15) is 23.4 Å². The molecule has 1 fully saturated rings. The number of aromatic nitrogens is 5. The maximum atomic E-state index is 13.5. The molecule has 0 bridgehead atoms. The summed E-state index contributed by atoms with van der Waals surface area (Å²) in [6.45, 7) is -0.190. The molecule has 1 saturated heterocycles. The van der Waals surface area contributed by atoms with Gasteiger partial charge in [0.25, 0.3) is 0 Å². The predicted molar refractivity (Wildman–Crippen MR) is 141 cm³/mol. The summed E-state index contributed by atoms with van der Waals surface area (Å²) in [4.78, 5) is 17.1. The minimum Gasteiger partial charge on any atom is -0.387 e. The molecule has 5 N–H and O–H groups in total. The van der Waals surface area contributed by atoms with Gasteiger partial charge in [-0.25, -0.2) is 28.1 Å². The zero-order valence-electron chi connectivity index (χ0n) is 21.3. The van der Waals surface area contributed by atoms with Crippen molar-refractivity contribution in [1.82, 2.24) is 24.5 Å². The van der Waals surface area contributed by atoms with Crippen LogP contribution in [0.2, 0.25) is 0 Å². The second-order valence-electron chi connectivity index (χ2n) is 9.56. The number of nitrogens with two attached hydrogens (primary N) is 1. The van der Waals surface area contributed by atoms with Crippen molar-refractivity contribution in [3.8, 4) is 0 Å². The molecule has 0 aliphatic carbocycles. The Labute approximate surface area is 230 Å². The van der Waals surface area contributed by atoms with Gasteiger partial charge < -0.3 is 30.7 Å². The van der Waals surface area contributed by atoms with Gasteiger partial charge in [-0.3, -0.25) is 9.55 Å². The Hall–Kier alpha value is -4.37. The number of ether oxygens (including phenoxy) is 2. The van der Waals surface area contributed by atoms with Crippen molar-refractivity contribution in [2.75, 3.05) is 17.7 Å². The van der Waals surface area contributed by atoms with E-state index in [-0.39, 0.29) is 41.7 Å². The summed E-state index contributed by atoms with van der Waals surface area (Å²) in [6, 6.07) is 11.2. The zero-order chi connectivity index (χ0) is 28.7. The van der Waals surface area contributed by atoms with Gasteiger partial charge in [0.15, 0.2) is 40.7 Å². The van der Waals surface area contributed by atoms with Crippen molar-refractivity contribution in [3.05, 3.63) is 83.6 Å². The van der Waals surface area contributed by atoms with Gasteiger partial charge in [-0.05, 0) is 41.5 Å². The van der Waals surface area contributed by atoms with Crippen LogP contribution in [-0.2, 0) is 22.6 Å². The van der Waals surface area contributed by atoms with Crippen molar-refractivity contribution < 1.29 is 32.9 Å². The second kappa shape index (κ2) is 10.9. The molecule has 1 aliphatic rings. The summed E-state index contributed by atoms with van der Waals surface area (Å²) in [7, 11) is 0. The predicted octanol–water partition coefficient (Wildman–Crippen LogP) is 2.82. The average molecular weight is 568 g/mol. The number of nitrogen functional groups attached to an aromatic ring is 1. The fraction of sp³-hybridized carbons (Fsp3) is 0.259. The van der Waals surface area contributed by atoms with E-state index in [1.807, 2.05) is 30.3 Å². The Kier molecular flexibility index (Phi) is 7.13. The molecule has 0 spiro atoms. The molecule has 2 aromatic carbocycles. The zero-order valence-corrected chi connectivity index (χ0v) is 21.3. The highest BCUT2D eigenvalue weighted by Crippen LogP contribution is 2.35. The lowest BCUT2D eigenvalue weighted by atomic mass is 10.1. The normalized spacial score (nSPS) is 20.7. The van der Waals surface area contributed by atoms with Crippen LogP contribution in [0, 0.1) is 17.5 Å². The van der Waals surface area contributed by atoms with E-state index in [4.69, 9.17) is 15.2 Å². The number of anilines is 2. The molecule has 3 aromatic heterocycles. The first kappa shape index (κ1) is 26.8. The third kappa shape index (κ3) is 5.13. The van der Waals surface area contributed by atoms with Crippen LogP contribution in [0.15, 0.2) is 55.0 Å². The number of hydrogen-bond donors (Lipinski definition) is 4. The summed E-state index contributed by atoms with van der Waals surface area (Å²) in [5, 5.41) is 25.9. The molecule has 6 rings (SSSR count). The molecular formula is C27H24F3N7O4. The largest absolute Gasteiger partial charge is 0.387 e. The lowest BCUT2D eigenvalue weighted by molar-refractivity contribution is -0.0676. The molecule has 41 heavy (non-hydrogen) atoms. The maximum Gasteiger partial charge on any atom is 0.207 e. The highest BCUT2D eigenvalue weighted by atomic mass is 19.2. The molecule has 14 heteroatoms. The number of nitrogens with zero attached hydrogens (tertiary/aromatic N) is 5. The fourth-order valence-corrected chi connectivity index (χ4v) is 4.77. The van der Waals surface area contributed by atoms with E-state index in [2.05, 4.69) is 25.3 Å². The van der Waals surface area contributed by atoms with Crippen LogP contribution in [0.1, 0.15) is 17.4 Å². The number of aliphatic hydroxyl groups excluding tert-OH is 2. The Balaban J connectivity index is 1.22. The molecule has 1 aliphatic heterocycles. The van der Waals surface area contributed by atoms with E-state index >= 15 is 0 Å². The Morgan fingerprint density at radius 3 is 2.61 bits per heavy atom. The highest BCUT2D eigenvalue weighted by molar-refractivity contribution is 5.84. The van der Waals surface area contributed by atoms with Crippen LogP contribution in [-0.4, -0.2) is 59.6 Å². The van der Waals surface area contributed by atoms with Gasteiger partial charge in [-0.15, -0.1) is 0 Å². The molecule has 11 nitrogen and oxygen atoms in total. The molecular weight excluding hydrogens is 543 g/mol. The third-order valence-corrected chi connectivity index (χ3v) is 6.81. The van der Waals surface area contributed by atoms with E-state index in [0.717, 1.165) is 28.6 Å². The first-order valence-corrected chi connectivity index (χ1v) is 12.6. The molecule has 0 amide bonds. The molecule has 4 heterocycles. The fourth-order valence-electron chi connectivity index (χ4n) is 4.77. The Morgan fingerprint density at radius 1 is 1.00 bits per heavy atom. The molecule has 212 valence electrons. The van der Waals surface area contributed by atoms with E-state index < -0.39 is 42.0 Å². The third-order valence-electron chi connectivity index (χ3n) is 6.81. The van der Waals surface area contributed by atoms with Gasteiger partial charge in [0, 0.05) is 18.1 Å². The SMILES string of the molecule is Nc1ncnc2c1nc(NCc1ccc3ncccc3c1)n2[C@@H]1O[C@H](COCc2cc(F)c(F)c(F)c2)[C@@H](O)[C@H]1O. The standard InChI is InChI=1S/C27H24F3N7O4/c28-16-7-14(8-17(29)20(16)30)10-40-11-19-22(38)23(39)26(41-19)37-25-21(24(31)34-12-35-25)36-27(37)33-9-13-3-4-18-15(6-13)2-1-5-32-18/h1-8,12,19,22-23,26,38-39H,9-11H2,(H,33,36)(H2,31,34,35)/t19-,22-,23-,26-/m1/s1. The number of imidazole rings is 1. The van der Waals surface area contributed by atoms with Gasteiger partial charge >= 0.3 is 0 Å². The summed E-state index contributed by atoms with van der Waals surface area (Å²) in [5.41, 5.74) is 8.40. The van der Waals surface area contributed by atoms with Crippen LogP contribution in [0.3, 0.4) is 0 Å². The average Bonchev–Trinajstić information content (AvgIpc) is 3.47. The monoisotopic (exact) mass is 567 g/mol. The summed E-state index contributed by atoms with van der Waals surface area (Å²) >= 11 is 0. The molecule has 0 unspecified atom stereocenters. The minimum absolute atomic E-state index is 0.0507. The maximum absolute atomic E-state index is 13.5. The van der Waals surface area contributed by atoms with Gasteiger partial charge in [0.2, 0.25) is 5.95 Å². The van der Waals surface area contributed by atoms with Crippen molar-refractivity contribution in [3.63, 3.8) is 0 Å². The summed E-state index contributed by atoms with van der Waals surface area (Å²) < 4.78 is 53.2. The quantitative estimate of drug-likeness (QED) is 0.206.